The summed E-state index contributed by atoms with van der Waals surface area (Å²) >= 11 is 1.60. The molecule has 1 aliphatic heterocycles. The minimum Gasteiger partial charge on any atom is -0.497 e. The van der Waals surface area contributed by atoms with Crippen LogP contribution in [-0.2, 0) is 12.7 Å². The molecule has 0 saturated carbocycles. The minimum atomic E-state index is -4.61. The van der Waals surface area contributed by atoms with Gasteiger partial charge in [0.15, 0.2) is 5.65 Å². The summed E-state index contributed by atoms with van der Waals surface area (Å²) in [5.41, 5.74) is 2.12. The molecule has 33 heavy (non-hydrogen) atoms. The zero-order valence-corrected chi connectivity index (χ0v) is 18.5. The average Bonchev–Trinajstić information content (AvgIpc) is 3.46. The third-order valence-electron chi connectivity index (χ3n) is 5.47. The molecule has 0 spiro atoms. The smallest absolute Gasteiger partial charge is 0.453 e. The maximum absolute atomic E-state index is 13.1. The normalized spacial score (nSPS) is 15.3. The van der Waals surface area contributed by atoms with Crippen molar-refractivity contribution in [2.45, 2.75) is 12.7 Å². The summed E-state index contributed by atoms with van der Waals surface area (Å²) in [6.07, 6.45) is -4.61. The third-order valence-corrected chi connectivity index (χ3v) is 6.41. The molecule has 3 aromatic heterocycles. The highest BCUT2D eigenvalue weighted by Crippen LogP contribution is 2.29. The summed E-state index contributed by atoms with van der Waals surface area (Å²) in [5.74, 6) is 0.165. The van der Waals surface area contributed by atoms with Crippen molar-refractivity contribution in [3.63, 3.8) is 0 Å². The first-order valence-corrected chi connectivity index (χ1v) is 11.1. The van der Waals surface area contributed by atoms with E-state index in [0.717, 1.165) is 46.2 Å². The highest BCUT2D eigenvalue weighted by atomic mass is 32.1. The van der Waals surface area contributed by atoms with Gasteiger partial charge in [-0.05, 0) is 36.4 Å². The Morgan fingerprint density at radius 3 is 2.45 bits per heavy atom. The second-order valence-electron chi connectivity index (χ2n) is 7.62. The van der Waals surface area contributed by atoms with E-state index in [9.17, 15) is 13.2 Å². The van der Waals surface area contributed by atoms with Crippen LogP contribution in [-0.4, -0.2) is 63.0 Å². The van der Waals surface area contributed by atoms with E-state index in [1.807, 2.05) is 29.2 Å². The molecule has 0 bridgehead atoms. The number of fused-ring (bicyclic) bond motifs is 1. The summed E-state index contributed by atoms with van der Waals surface area (Å²) in [4.78, 5) is 9.01. The molecule has 1 aliphatic rings. The van der Waals surface area contributed by atoms with Gasteiger partial charge in [-0.1, -0.05) is 0 Å². The minimum absolute atomic E-state index is 0.0703. The molecule has 1 saturated heterocycles. The second-order valence-corrected chi connectivity index (χ2v) is 8.48. The maximum atomic E-state index is 13.1. The largest absolute Gasteiger partial charge is 0.497 e. The third kappa shape index (κ3) is 4.48. The lowest BCUT2D eigenvalue weighted by atomic mass is 10.2. The first-order chi connectivity index (χ1) is 15.9. The number of hydrogen-bond acceptors (Lipinski definition) is 8. The number of benzene rings is 1. The monoisotopic (exact) mass is 475 g/mol. The SMILES string of the molecule is COc1ccc(-c2nc(CN3CCN(c4ccc5nnc(C(F)(F)F)n5n4)CC3)cs2)cc1. The molecule has 172 valence electrons. The molecule has 12 heteroatoms. The van der Waals surface area contributed by atoms with E-state index < -0.39 is 12.0 Å². The zero-order valence-electron chi connectivity index (χ0n) is 17.7. The topological polar surface area (TPSA) is 71.7 Å². The van der Waals surface area contributed by atoms with Crippen molar-refractivity contribution in [1.29, 1.82) is 0 Å². The van der Waals surface area contributed by atoms with Gasteiger partial charge in [0, 0.05) is 43.7 Å². The van der Waals surface area contributed by atoms with Gasteiger partial charge in [0.1, 0.15) is 16.6 Å². The number of rotatable bonds is 5. The Hall–Kier alpha value is -3.25. The summed E-state index contributed by atoms with van der Waals surface area (Å²) in [7, 11) is 1.64. The molecular formula is C21H20F3N7OS. The number of aromatic nitrogens is 5. The molecule has 0 amide bonds. The van der Waals surface area contributed by atoms with Crippen LogP contribution in [0.15, 0.2) is 41.8 Å². The standard InChI is InChI=1S/C21H20F3N7OS/c1-32-16-4-2-14(3-5-16)19-25-15(13-33-19)12-29-8-10-30(11-9-29)18-7-6-17-26-27-20(21(22,23)24)31(17)28-18/h2-7,13H,8-12H2,1H3. The Morgan fingerprint density at radius 1 is 1.00 bits per heavy atom. The first-order valence-electron chi connectivity index (χ1n) is 10.3. The molecule has 1 aromatic carbocycles. The van der Waals surface area contributed by atoms with Gasteiger partial charge in [-0.3, -0.25) is 4.90 Å². The van der Waals surface area contributed by atoms with Crippen LogP contribution in [0.2, 0.25) is 0 Å². The summed E-state index contributed by atoms with van der Waals surface area (Å²) in [6.45, 7) is 3.53. The van der Waals surface area contributed by atoms with Crippen LogP contribution in [0.3, 0.4) is 0 Å². The van der Waals surface area contributed by atoms with Gasteiger partial charge in [-0.25, -0.2) is 4.98 Å². The van der Waals surface area contributed by atoms with Crippen molar-refractivity contribution in [1.82, 2.24) is 29.7 Å². The van der Waals surface area contributed by atoms with Crippen LogP contribution in [0.4, 0.5) is 19.0 Å². The first kappa shape index (κ1) is 21.6. The van der Waals surface area contributed by atoms with E-state index in [-0.39, 0.29) is 5.65 Å². The van der Waals surface area contributed by atoms with Gasteiger partial charge in [0.25, 0.3) is 5.82 Å². The molecule has 0 aliphatic carbocycles. The molecule has 0 unspecified atom stereocenters. The second kappa shape index (κ2) is 8.60. The van der Waals surface area contributed by atoms with E-state index in [0.29, 0.717) is 18.9 Å². The van der Waals surface area contributed by atoms with Crippen molar-refractivity contribution in [2.75, 3.05) is 38.2 Å². The summed E-state index contributed by atoms with van der Waals surface area (Å²) in [6, 6.07) is 11.0. The lowest BCUT2D eigenvalue weighted by Crippen LogP contribution is -2.46. The van der Waals surface area contributed by atoms with Crippen LogP contribution >= 0.6 is 11.3 Å². The fourth-order valence-electron chi connectivity index (χ4n) is 3.73. The number of thiazole rings is 1. The molecule has 0 N–H and O–H groups in total. The molecule has 1 fully saturated rings. The van der Waals surface area contributed by atoms with Crippen LogP contribution in [0.5, 0.6) is 5.75 Å². The quantitative estimate of drug-likeness (QED) is 0.437. The van der Waals surface area contributed by atoms with Gasteiger partial charge >= 0.3 is 6.18 Å². The molecule has 4 aromatic rings. The maximum Gasteiger partial charge on any atom is 0.453 e. The predicted molar refractivity (Wildman–Crippen MR) is 117 cm³/mol. The Balaban J connectivity index is 1.22. The zero-order chi connectivity index (χ0) is 23.0. The Kier molecular flexibility index (Phi) is 5.62. The number of ether oxygens (including phenoxy) is 1. The van der Waals surface area contributed by atoms with Crippen molar-refractivity contribution in [3.05, 3.63) is 53.3 Å². The Bertz CT molecular complexity index is 1250. The fraction of sp³-hybridized carbons (Fsp3) is 0.333. The number of piperazine rings is 1. The van der Waals surface area contributed by atoms with E-state index in [4.69, 9.17) is 9.72 Å². The van der Waals surface area contributed by atoms with E-state index in [2.05, 4.69) is 25.6 Å². The lowest BCUT2D eigenvalue weighted by Gasteiger charge is -2.34. The highest BCUT2D eigenvalue weighted by molar-refractivity contribution is 7.13. The van der Waals surface area contributed by atoms with Gasteiger partial charge in [-0.2, -0.15) is 17.7 Å². The van der Waals surface area contributed by atoms with Crippen LogP contribution in [0.1, 0.15) is 11.5 Å². The summed E-state index contributed by atoms with van der Waals surface area (Å²) in [5, 5.41) is 13.9. The van der Waals surface area contributed by atoms with Crippen molar-refractivity contribution in [3.8, 4) is 16.3 Å². The number of methoxy groups -OCH3 is 1. The number of nitrogens with zero attached hydrogens (tertiary/aromatic N) is 7. The number of halogens is 3. The highest BCUT2D eigenvalue weighted by Gasteiger charge is 2.37. The fourth-order valence-corrected chi connectivity index (χ4v) is 4.55. The lowest BCUT2D eigenvalue weighted by molar-refractivity contribution is -0.146. The van der Waals surface area contributed by atoms with E-state index in [1.54, 1.807) is 24.5 Å². The van der Waals surface area contributed by atoms with Crippen LogP contribution in [0.25, 0.3) is 16.2 Å². The van der Waals surface area contributed by atoms with E-state index in [1.165, 1.54) is 6.07 Å². The van der Waals surface area contributed by atoms with Gasteiger partial charge < -0.3 is 9.64 Å². The van der Waals surface area contributed by atoms with Crippen molar-refractivity contribution < 1.29 is 17.9 Å². The molecule has 4 heterocycles. The predicted octanol–water partition coefficient (Wildman–Crippen LogP) is 3.60. The van der Waals surface area contributed by atoms with Crippen LogP contribution in [0, 0.1) is 0 Å². The average molecular weight is 476 g/mol. The van der Waals surface area contributed by atoms with Crippen LogP contribution < -0.4 is 9.64 Å². The molecular weight excluding hydrogens is 455 g/mol. The molecule has 0 atom stereocenters. The molecule has 5 rings (SSSR count). The van der Waals surface area contributed by atoms with Crippen molar-refractivity contribution in [2.24, 2.45) is 0 Å². The Morgan fingerprint density at radius 2 is 1.76 bits per heavy atom. The molecule has 8 nitrogen and oxygen atoms in total. The number of alkyl halides is 3. The Labute approximate surface area is 191 Å². The number of anilines is 1. The molecule has 0 radical (unpaired) electrons. The van der Waals surface area contributed by atoms with Gasteiger partial charge in [0.2, 0.25) is 0 Å². The number of hydrogen-bond donors (Lipinski definition) is 0. The van der Waals surface area contributed by atoms with Crippen molar-refractivity contribution >= 4 is 22.8 Å². The van der Waals surface area contributed by atoms with Gasteiger partial charge in [-0.15, -0.1) is 26.6 Å². The summed E-state index contributed by atoms with van der Waals surface area (Å²) < 4.78 is 45.4. The van der Waals surface area contributed by atoms with Gasteiger partial charge in [0.05, 0.1) is 12.8 Å². The van der Waals surface area contributed by atoms with E-state index >= 15 is 0 Å².